The summed E-state index contributed by atoms with van der Waals surface area (Å²) in [5.41, 5.74) is 3.37. The molecule has 3 aromatic heterocycles. The van der Waals surface area contributed by atoms with Gasteiger partial charge in [0.1, 0.15) is 16.9 Å². The van der Waals surface area contributed by atoms with Crippen LogP contribution in [0.4, 0.5) is 8.78 Å². The summed E-state index contributed by atoms with van der Waals surface area (Å²) in [6.07, 6.45) is 5.47. The predicted octanol–water partition coefficient (Wildman–Crippen LogP) is 5.77. The number of fused-ring (bicyclic) bond motifs is 3. The number of imidazole rings is 1. The topological polar surface area (TPSA) is 85.0 Å². The van der Waals surface area contributed by atoms with E-state index in [-0.39, 0.29) is 12.1 Å². The highest BCUT2D eigenvalue weighted by Gasteiger charge is 2.25. The van der Waals surface area contributed by atoms with Crippen LogP contribution < -0.4 is 10.9 Å². The Balaban J connectivity index is 1.20. The normalized spacial score (nSPS) is 14.8. The van der Waals surface area contributed by atoms with E-state index < -0.39 is 29.1 Å². The van der Waals surface area contributed by atoms with Crippen molar-refractivity contribution >= 4 is 27.8 Å². The molecule has 1 saturated heterocycles. The molecule has 1 N–H and O–H groups in total. The second-order valence-electron chi connectivity index (χ2n) is 12.1. The molecule has 0 aliphatic carbocycles. The molecule has 0 unspecified atom stereocenters. The quantitative estimate of drug-likeness (QED) is 0.243. The first kappa shape index (κ1) is 31.1. The van der Waals surface area contributed by atoms with Gasteiger partial charge in [0.05, 0.1) is 29.8 Å². The number of nitrogens with one attached hydrogen (secondary N) is 1. The third-order valence-electron chi connectivity index (χ3n) is 8.92. The van der Waals surface area contributed by atoms with E-state index in [4.69, 9.17) is 4.98 Å². The number of benzene rings is 2. The minimum atomic E-state index is -1.000. The monoisotopic (exact) mass is 622 g/mol. The van der Waals surface area contributed by atoms with Gasteiger partial charge < -0.3 is 19.4 Å². The molecule has 46 heavy (non-hydrogen) atoms. The number of rotatable bonds is 6. The van der Waals surface area contributed by atoms with Crippen LogP contribution in [-0.4, -0.2) is 55.6 Å². The molecule has 1 atom stereocenters. The fourth-order valence-electron chi connectivity index (χ4n) is 6.36. The Morgan fingerprint density at radius 1 is 1.04 bits per heavy atom. The number of likely N-dealkylation sites (tertiary alicyclic amines) is 1. The summed E-state index contributed by atoms with van der Waals surface area (Å²) in [4.78, 5) is 38.1. The van der Waals surface area contributed by atoms with Gasteiger partial charge in [0.15, 0.2) is 11.6 Å². The fourth-order valence-corrected chi connectivity index (χ4v) is 6.36. The lowest BCUT2D eigenvalue weighted by Crippen LogP contribution is -2.39. The van der Waals surface area contributed by atoms with Crippen molar-refractivity contribution in [2.45, 2.75) is 58.7 Å². The van der Waals surface area contributed by atoms with Crippen molar-refractivity contribution in [1.82, 2.24) is 29.3 Å². The van der Waals surface area contributed by atoms with Crippen molar-refractivity contribution in [3.05, 3.63) is 105 Å². The molecule has 0 saturated carbocycles. The molecule has 2 aromatic carbocycles. The van der Waals surface area contributed by atoms with Crippen LogP contribution in [0.2, 0.25) is 0 Å². The molecule has 1 aliphatic heterocycles. The van der Waals surface area contributed by atoms with Crippen molar-refractivity contribution < 1.29 is 13.6 Å². The van der Waals surface area contributed by atoms with Gasteiger partial charge in [0.25, 0.3) is 11.5 Å². The molecule has 6 rings (SSSR count). The Morgan fingerprint density at radius 2 is 1.83 bits per heavy atom. The second kappa shape index (κ2) is 12.9. The zero-order chi connectivity index (χ0) is 32.5. The Kier molecular flexibility index (Phi) is 8.69. The van der Waals surface area contributed by atoms with Gasteiger partial charge in [-0.25, -0.2) is 13.8 Å². The minimum absolute atomic E-state index is 0.0256. The van der Waals surface area contributed by atoms with E-state index in [1.54, 1.807) is 13.0 Å². The molecule has 1 fully saturated rings. The van der Waals surface area contributed by atoms with E-state index in [0.29, 0.717) is 17.6 Å². The van der Waals surface area contributed by atoms with Crippen molar-refractivity contribution in [2.75, 3.05) is 19.6 Å². The summed E-state index contributed by atoms with van der Waals surface area (Å²) < 4.78 is 30.9. The summed E-state index contributed by atoms with van der Waals surface area (Å²) >= 11 is 0. The molecule has 5 aromatic rings. The third-order valence-corrected chi connectivity index (χ3v) is 8.92. The lowest BCUT2D eigenvalue weighted by atomic mass is 10.0. The van der Waals surface area contributed by atoms with Crippen LogP contribution in [0.1, 0.15) is 73.0 Å². The van der Waals surface area contributed by atoms with Gasteiger partial charge in [0.2, 0.25) is 0 Å². The van der Waals surface area contributed by atoms with E-state index in [1.165, 1.54) is 22.9 Å². The van der Waals surface area contributed by atoms with E-state index in [2.05, 4.69) is 52.4 Å². The van der Waals surface area contributed by atoms with E-state index >= 15 is 0 Å². The van der Waals surface area contributed by atoms with Crippen LogP contribution in [0.5, 0.6) is 0 Å². The van der Waals surface area contributed by atoms with Gasteiger partial charge in [-0.3, -0.25) is 14.6 Å². The van der Waals surface area contributed by atoms with Gasteiger partial charge in [-0.1, -0.05) is 17.9 Å². The molecule has 4 heterocycles. The summed E-state index contributed by atoms with van der Waals surface area (Å²) in [5, 5.41) is 3.69. The number of hydrogen-bond donors (Lipinski definition) is 1. The van der Waals surface area contributed by atoms with Crippen LogP contribution in [0, 0.1) is 30.4 Å². The van der Waals surface area contributed by atoms with Gasteiger partial charge >= 0.3 is 0 Å². The minimum Gasteiger partial charge on any atom is -0.341 e. The second-order valence-corrected chi connectivity index (χ2v) is 12.1. The molecule has 0 spiro atoms. The highest BCUT2D eigenvalue weighted by Crippen LogP contribution is 2.33. The SMILES string of the molecule is Cc1nc2cnc3ccc(C#CCNC(=O)c4cccn([C@@H](C)c5ccc(F)c(F)c5)c4=O)cc3c2n1C1CCN(C(C)C)CC1. The molecular formula is C36H36F2N6O2. The van der Waals surface area contributed by atoms with Crippen LogP contribution >= 0.6 is 0 Å². The van der Waals surface area contributed by atoms with E-state index in [9.17, 15) is 18.4 Å². The standard InChI is InChI=1S/C36H36F2N6O2/c1-22(2)42-17-13-27(14-18-42)44-24(4)41-33-21-40-32-12-9-25(19-29(32)34(33)44)7-5-15-39-35(45)28-8-6-16-43(36(28)46)23(3)26-10-11-30(37)31(38)20-26/h6,8-12,16,19-23,27H,13-15,17-18H2,1-4H3,(H,39,45)/t23-/m0/s1. The van der Waals surface area contributed by atoms with E-state index in [0.717, 1.165) is 71.4 Å². The maximum Gasteiger partial charge on any atom is 0.263 e. The van der Waals surface area contributed by atoms with Gasteiger partial charge in [-0.15, -0.1) is 0 Å². The lowest BCUT2D eigenvalue weighted by molar-refractivity contribution is 0.0956. The molecule has 8 nitrogen and oxygen atoms in total. The van der Waals surface area contributed by atoms with Crippen LogP contribution in [0.15, 0.2) is 65.7 Å². The molecule has 0 radical (unpaired) electrons. The Morgan fingerprint density at radius 3 is 2.57 bits per heavy atom. The number of carbonyl (C=O) groups is 1. The van der Waals surface area contributed by atoms with Crippen LogP contribution in [-0.2, 0) is 0 Å². The number of pyridine rings is 2. The Bertz CT molecular complexity index is 2060. The van der Waals surface area contributed by atoms with Crippen molar-refractivity contribution in [3.63, 3.8) is 0 Å². The first-order valence-electron chi connectivity index (χ1n) is 15.6. The Labute approximate surface area is 266 Å². The molecule has 1 amide bonds. The number of piperidine rings is 1. The third kappa shape index (κ3) is 6.03. The fraction of sp³-hybridized carbons (Fsp3) is 0.333. The zero-order valence-electron chi connectivity index (χ0n) is 26.3. The molecule has 236 valence electrons. The average Bonchev–Trinajstić information content (AvgIpc) is 3.40. The van der Waals surface area contributed by atoms with Crippen LogP contribution in [0.3, 0.4) is 0 Å². The average molecular weight is 623 g/mol. The molecular weight excluding hydrogens is 586 g/mol. The maximum absolute atomic E-state index is 13.8. The highest BCUT2D eigenvalue weighted by atomic mass is 19.2. The first-order chi connectivity index (χ1) is 22.1. The number of nitrogens with zero attached hydrogens (tertiary/aromatic N) is 5. The van der Waals surface area contributed by atoms with Crippen molar-refractivity contribution in [2.24, 2.45) is 0 Å². The van der Waals surface area contributed by atoms with Crippen LogP contribution in [0.25, 0.3) is 21.9 Å². The largest absolute Gasteiger partial charge is 0.341 e. The number of hydrogen-bond acceptors (Lipinski definition) is 5. The molecule has 10 heteroatoms. The summed E-state index contributed by atoms with van der Waals surface area (Å²) in [6, 6.07) is 12.6. The molecule has 0 bridgehead atoms. The Hall–Kier alpha value is -4.88. The van der Waals surface area contributed by atoms with E-state index in [1.807, 2.05) is 24.4 Å². The lowest BCUT2D eigenvalue weighted by Gasteiger charge is -2.35. The van der Waals surface area contributed by atoms with Gasteiger partial charge in [-0.2, -0.15) is 0 Å². The number of amides is 1. The highest BCUT2D eigenvalue weighted by molar-refractivity contribution is 6.03. The van der Waals surface area contributed by atoms with Gasteiger partial charge in [0, 0.05) is 42.3 Å². The zero-order valence-corrected chi connectivity index (χ0v) is 26.3. The number of carbonyl (C=O) groups excluding carboxylic acids is 1. The number of halogens is 2. The van der Waals surface area contributed by atoms with Crippen molar-refractivity contribution in [1.29, 1.82) is 0 Å². The number of aryl methyl sites for hydroxylation is 1. The first-order valence-corrected chi connectivity index (χ1v) is 15.6. The predicted molar refractivity (Wildman–Crippen MR) is 175 cm³/mol. The smallest absolute Gasteiger partial charge is 0.263 e. The summed E-state index contributed by atoms with van der Waals surface area (Å²) in [7, 11) is 0. The molecule has 1 aliphatic rings. The summed E-state index contributed by atoms with van der Waals surface area (Å²) in [6.45, 7) is 10.3. The number of aromatic nitrogens is 4. The van der Waals surface area contributed by atoms with Crippen molar-refractivity contribution in [3.8, 4) is 11.8 Å². The van der Waals surface area contributed by atoms with Gasteiger partial charge in [-0.05, 0) is 88.6 Å². The summed E-state index contributed by atoms with van der Waals surface area (Å²) in [5.74, 6) is 4.56. The maximum atomic E-state index is 13.8.